The SMILES string of the molecule is CC(C)CC(O)c1c([N+](=O)[O-])cccc1[N+](=O)[O-]. The van der Waals surface area contributed by atoms with Gasteiger partial charge < -0.3 is 5.11 Å². The molecule has 1 aromatic carbocycles. The molecule has 7 nitrogen and oxygen atoms in total. The van der Waals surface area contributed by atoms with Gasteiger partial charge >= 0.3 is 0 Å². The highest BCUT2D eigenvalue weighted by Crippen LogP contribution is 2.36. The van der Waals surface area contributed by atoms with Crippen LogP contribution in [0, 0.1) is 26.1 Å². The Kier molecular flexibility index (Phi) is 4.33. The summed E-state index contributed by atoms with van der Waals surface area (Å²) in [6, 6.07) is 3.56. The number of benzene rings is 1. The number of hydrogen-bond acceptors (Lipinski definition) is 5. The van der Waals surface area contributed by atoms with E-state index in [9.17, 15) is 25.3 Å². The smallest absolute Gasteiger partial charge is 0.282 e. The number of rotatable bonds is 5. The van der Waals surface area contributed by atoms with E-state index < -0.39 is 27.3 Å². The van der Waals surface area contributed by atoms with E-state index in [-0.39, 0.29) is 17.9 Å². The van der Waals surface area contributed by atoms with Gasteiger partial charge in [-0.15, -0.1) is 0 Å². The standard InChI is InChI=1S/C11H14N2O5/c1-7(2)6-10(14)11-8(12(15)16)4-3-5-9(11)13(17)18/h3-5,7,10,14H,6H2,1-2H3. The summed E-state index contributed by atoms with van der Waals surface area (Å²) in [7, 11) is 0. The number of nitrogens with zero attached hydrogens (tertiary/aromatic N) is 2. The van der Waals surface area contributed by atoms with Gasteiger partial charge in [-0.1, -0.05) is 13.8 Å². The molecule has 0 aliphatic carbocycles. The molecule has 1 N–H and O–H groups in total. The third-order valence-electron chi connectivity index (χ3n) is 2.48. The quantitative estimate of drug-likeness (QED) is 0.641. The Labute approximate surface area is 103 Å². The summed E-state index contributed by atoms with van der Waals surface area (Å²) < 4.78 is 0. The van der Waals surface area contributed by atoms with Crippen molar-refractivity contribution in [2.24, 2.45) is 5.92 Å². The van der Waals surface area contributed by atoms with Crippen LogP contribution in [0.15, 0.2) is 18.2 Å². The topological polar surface area (TPSA) is 107 Å². The molecule has 0 saturated heterocycles. The van der Waals surface area contributed by atoms with Crippen LogP contribution in [-0.4, -0.2) is 15.0 Å². The zero-order valence-corrected chi connectivity index (χ0v) is 10.1. The molecule has 0 amide bonds. The molecule has 0 aromatic heterocycles. The molecule has 1 aromatic rings. The van der Waals surface area contributed by atoms with Crippen LogP contribution in [-0.2, 0) is 0 Å². The summed E-state index contributed by atoms with van der Waals surface area (Å²) >= 11 is 0. The number of aliphatic hydroxyl groups excluding tert-OH is 1. The van der Waals surface area contributed by atoms with Crippen molar-refractivity contribution in [1.82, 2.24) is 0 Å². The molecule has 0 bridgehead atoms. The lowest BCUT2D eigenvalue weighted by atomic mass is 9.97. The molecule has 0 fully saturated rings. The fourth-order valence-corrected chi connectivity index (χ4v) is 1.77. The van der Waals surface area contributed by atoms with Crippen LogP contribution in [0.1, 0.15) is 31.9 Å². The van der Waals surface area contributed by atoms with Gasteiger partial charge in [-0.25, -0.2) is 0 Å². The van der Waals surface area contributed by atoms with Gasteiger partial charge in [0.15, 0.2) is 0 Å². The lowest BCUT2D eigenvalue weighted by Crippen LogP contribution is -2.08. The predicted molar refractivity (Wildman–Crippen MR) is 64.2 cm³/mol. The molecule has 0 spiro atoms. The second-order valence-corrected chi connectivity index (χ2v) is 4.37. The molecule has 7 heteroatoms. The van der Waals surface area contributed by atoms with E-state index in [0.717, 1.165) is 12.1 Å². The molecule has 18 heavy (non-hydrogen) atoms. The average Bonchev–Trinajstić information content (AvgIpc) is 2.26. The Morgan fingerprint density at radius 1 is 1.17 bits per heavy atom. The zero-order chi connectivity index (χ0) is 13.9. The molecule has 98 valence electrons. The van der Waals surface area contributed by atoms with E-state index in [1.165, 1.54) is 6.07 Å². The third-order valence-corrected chi connectivity index (χ3v) is 2.48. The van der Waals surface area contributed by atoms with Crippen molar-refractivity contribution in [3.05, 3.63) is 44.0 Å². The zero-order valence-electron chi connectivity index (χ0n) is 10.1. The van der Waals surface area contributed by atoms with Crippen molar-refractivity contribution in [3.8, 4) is 0 Å². The van der Waals surface area contributed by atoms with E-state index in [0.29, 0.717) is 0 Å². The minimum Gasteiger partial charge on any atom is -0.388 e. The van der Waals surface area contributed by atoms with Crippen molar-refractivity contribution in [2.75, 3.05) is 0 Å². The summed E-state index contributed by atoms with van der Waals surface area (Å²) in [5.41, 5.74) is -1.06. The Bertz CT molecular complexity index is 440. The van der Waals surface area contributed by atoms with Gasteiger partial charge in [0.05, 0.1) is 16.0 Å². The highest BCUT2D eigenvalue weighted by atomic mass is 16.6. The van der Waals surface area contributed by atoms with E-state index in [2.05, 4.69) is 0 Å². The summed E-state index contributed by atoms with van der Waals surface area (Å²) in [5.74, 6) is 0.0689. The first kappa shape index (κ1) is 14.0. The van der Waals surface area contributed by atoms with Gasteiger partial charge in [0, 0.05) is 12.1 Å². The second kappa shape index (κ2) is 5.54. The molecule has 0 aliphatic rings. The van der Waals surface area contributed by atoms with Crippen molar-refractivity contribution in [3.63, 3.8) is 0 Å². The lowest BCUT2D eigenvalue weighted by Gasteiger charge is -2.13. The highest BCUT2D eigenvalue weighted by Gasteiger charge is 2.30. The van der Waals surface area contributed by atoms with Crippen LogP contribution in [0.25, 0.3) is 0 Å². The highest BCUT2D eigenvalue weighted by molar-refractivity contribution is 5.54. The maximum Gasteiger partial charge on any atom is 0.282 e. The van der Waals surface area contributed by atoms with E-state index in [1.54, 1.807) is 0 Å². The first-order valence-electron chi connectivity index (χ1n) is 5.44. The Balaban J connectivity index is 3.35. The minimum atomic E-state index is -1.22. The van der Waals surface area contributed by atoms with E-state index in [1.807, 2.05) is 13.8 Å². The normalized spacial score (nSPS) is 12.4. The van der Waals surface area contributed by atoms with Crippen LogP contribution >= 0.6 is 0 Å². The van der Waals surface area contributed by atoms with Crippen LogP contribution in [0.5, 0.6) is 0 Å². The number of nitro benzene ring substituents is 2. The molecule has 1 unspecified atom stereocenters. The molecule has 1 atom stereocenters. The van der Waals surface area contributed by atoms with Crippen molar-refractivity contribution in [1.29, 1.82) is 0 Å². The van der Waals surface area contributed by atoms with Crippen LogP contribution in [0.4, 0.5) is 11.4 Å². The van der Waals surface area contributed by atoms with Crippen LogP contribution in [0.2, 0.25) is 0 Å². The summed E-state index contributed by atoms with van der Waals surface area (Å²) in [6.45, 7) is 3.65. The Hall–Kier alpha value is -2.02. The summed E-state index contributed by atoms with van der Waals surface area (Å²) in [4.78, 5) is 20.3. The fourth-order valence-electron chi connectivity index (χ4n) is 1.77. The molecule has 0 aliphatic heterocycles. The lowest BCUT2D eigenvalue weighted by molar-refractivity contribution is -0.396. The van der Waals surface area contributed by atoms with Gasteiger partial charge in [0.1, 0.15) is 5.56 Å². The molecular formula is C11H14N2O5. The molecule has 0 heterocycles. The minimum absolute atomic E-state index is 0.0689. The maximum atomic E-state index is 10.9. The predicted octanol–water partition coefficient (Wildman–Crippen LogP) is 2.58. The maximum absolute atomic E-state index is 10.9. The van der Waals surface area contributed by atoms with E-state index in [4.69, 9.17) is 0 Å². The number of hydrogen-bond donors (Lipinski definition) is 1. The summed E-state index contributed by atoms with van der Waals surface area (Å²) in [6.07, 6.45) is -0.988. The second-order valence-electron chi connectivity index (χ2n) is 4.37. The Morgan fingerprint density at radius 3 is 1.94 bits per heavy atom. The first-order valence-corrected chi connectivity index (χ1v) is 5.44. The summed E-state index contributed by atoms with van der Waals surface area (Å²) in [5, 5.41) is 31.7. The molecule has 1 rings (SSSR count). The fraction of sp³-hybridized carbons (Fsp3) is 0.455. The van der Waals surface area contributed by atoms with Crippen LogP contribution in [0.3, 0.4) is 0 Å². The van der Waals surface area contributed by atoms with Crippen molar-refractivity contribution < 1.29 is 15.0 Å². The monoisotopic (exact) mass is 254 g/mol. The van der Waals surface area contributed by atoms with Crippen molar-refractivity contribution >= 4 is 11.4 Å². The van der Waals surface area contributed by atoms with Gasteiger partial charge in [0.25, 0.3) is 11.4 Å². The van der Waals surface area contributed by atoms with Gasteiger partial charge in [-0.2, -0.15) is 0 Å². The largest absolute Gasteiger partial charge is 0.388 e. The Morgan fingerprint density at radius 2 is 1.61 bits per heavy atom. The third kappa shape index (κ3) is 3.01. The van der Waals surface area contributed by atoms with Crippen LogP contribution < -0.4 is 0 Å². The van der Waals surface area contributed by atoms with Gasteiger partial charge in [-0.3, -0.25) is 20.2 Å². The molecule has 0 saturated carbocycles. The molecule has 0 radical (unpaired) electrons. The molecular weight excluding hydrogens is 240 g/mol. The van der Waals surface area contributed by atoms with E-state index >= 15 is 0 Å². The van der Waals surface area contributed by atoms with Gasteiger partial charge in [-0.05, 0) is 18.4 Å². The van der Waals surface area contributed by atoms with Gasteiger partial charge in [0.2, 0.25) is 0 Å². The first-order chi connectivity index (χ1) is 8.34. The number of aliphatic hydroxyl groups is 1. The number of nitro groups is 2. The average molecular weight is 254 g/mol. The van der Waals surface area contributed by atoms with Crippen molar-refractivity contribution in [2.45, 2.75) is 26.4 Å².